The van der Waals surface area contributed by atoms with Gasteiger partial charge in [-0.1, -0.05) is 42.5 Å². The molecule has 1 N–H and O–H groups in total. The van der Waals surface area contributed by atoms with Gasteiger partial charge in [-0.2, -0.15) is 0 Å². The molecule has 0 bridgehead atoms. The van der Waals surface area contributed by atoms with Crippen LogP contribution in [-0.4, -0.2) is 36.1 Å². The maximum Gasteiger partial charge on any atom is 0.303 e. The molecule has 1 fully saturated rings. The van der Waals surface area contributed by atoms with E-state index in [1.807, 2.05) is 12.1 Å². The molecule has 102 valence electrons. The van der Waals surface area contributed by atoms with E-state index in [0.29, 0.717) is 18.3 Å². The van der Waals surface area contributed by atoms with Gasteiger partial charge in [-0.05, 0) is 24.9 Å². The highest BCUT2D eigenvalue weighted by Crippen LogP contribution is 2.32. The van der Waals surface area contributed by atoms with E-state index in [4.69, 9.17) is 5.11 Å². The summed E-state index contributed by atoms with van der Waals surface area (Å²) >= 11 is 0. The van der Waals surface area contributed by atoms with Crippen molar-refractivity contribution in [3.05, 3.63) is 48.0 Å². The fourth-order valence-electron chi connectivity index (χ4n) is 2.76. The van der Waals surface area contributed by atoms with Gasteiger partial charge >= 0.3 is 5.97 Å². The molecule has 0 aromatic heterocycles. The highest BCUT2D eigenvalue weighted by molar-refractivity contribution is 5.66. The minimum atomic E-state index is -0.729. The molecule has 2 atom stereocenters. The first-order valence-corrected chi connectivity index (χ1v) is 6.79. The van der Waals surface area contributed by atoms with Crippen molar-refractivity contribution in [1.29, 1.82) is 0 Å². The normalized spacial score (nSPS) is 24.1. The van der Waals surface area contributed by atoms with E-state index in [1.54, 1.807) is 0 Å². The summed E-state index contributed by atoms with van der Waals surface area (Å²) in [5.41, 5.74) is 1.37. The Labute approximate surface area is 114 Å². The predicted octanol–water partition coefficient (Wildman–Crippen LogP) is 2.75. The van der Waals surface area contributed by atoms with Gasteiger partial charge in [0.15, 0.2) is 0 Å². The lowest BCUT2D eigenvalue weighted by Crippen LogP contribution is -2.13. The molecule has 1 aromatic carbocycles. The lowest BCUT2D eigenvalue weighted by molar-refractivity contribution is -0.136. The Morgan fingerprint density at radius 1 is 1.37 bits per heavy atom. The minimum Gasteiger partial charge on any atom is -0.481 e. The SMILES string of the molecule is CN1C[C@H](c2ccccc2)[C@@H](/C=C\CCC(=O)O)C1. The van der Waals surface area contributed by atoms with Crippen LogP contribution in [0.3, 0.4) is 0 Å². The zero-order chi connectivity index (χ0) is 13.7. The quantitative estimate of drug-likeness (QED) is 0.827. The van der Waals surface area contributed by atoms with Gasteiger partial charge in [-0.3, -0.25) is 4.79 Å². The summed E-state index contributed by atoms with van der Waals surface area (Å²) < 4.78 is 0. The molecule has 1 aromatic rings. The van der Waals surface area contributed by atoms with Gasteiger partial charge < -0.3 is 10.0 Å². The number of carbonyl (C=O) groups is 1. The Kier molecular flexibility index (Phi) is 4.74. The average Bonchev–Trinajstić information content (AvgIpc) is 2.77. The van der Waals surface area contributed by atoms with Crippen molar-refractivity contribution in [2.75, 3.05) is 20.1 Å². The zero-order valence-electron chi connectivity index (χ0n) is 11.3. The van der Waals surface area contributed by atoms with E-state index in [-0.39, 0.29) is 6.42 Å². The molecule has 0 amide bonds. The molecule has 0 saturated carbocycles. The Bertz CT molecular complexity index is 441. The van der Waals surface area contributed by atoms with Gasteiger partial charge in [-0.15, -0.1) is 0 Å². The van der Waals surface area contributed by atoms with Gasteiger partial charge in [-0.25, -0.2) is 0 Å². The molecular formula is C16H21NO2. The van der Waals surface area contributed by atoms with Crippen LogP contribution >= 0.6 is 0 Å². The van der Waals surface area contributed by atoms with Crippen LogP contribution in [0.2, 0.25) is 0 Å². The number of likely N-dealkylation sites (tertiary alicyclic amines) is 1. The standard InChI is InChI=1S/C16H21NO2/c1-17-11-14(9-5-6-10-16(18)19)15(12-17)13-7-3-2-4-8-13/h2-5,7-9,14-15H,6,10-12H2,1H3,(H,18,19)/b9-5-/t14-,15+/m0/s1. The van der Waals surface area contributed by atoms with Crippen LogP contribution in [0.5, 0.6) is 0 Å². The van der Waals surface area contributed by atoms with Crippen molar-refractivity contribution >= 4 is 5.97 Å². The second kappa shape index (κ2) is 6.53. The maximum atomic E-state index is 10.5. The van der Waals surface area contributed by atoms with Crippen molar-refractivity contribution in [2.24, 2.45) is 5.92 Å². The molecule has 1 aliphatic rings. The molecule has 0 spiro atoms. The van der Waals surface area contributed by atoms with Crippen molar-refractivity contribution < 1.29 is 9.90 Å². The summed E-state index contributed by atoms with van der Waals surface area (Å²) in [5.74, 6) is 0.279. The first kappa shape index (κ1) is 13.8. The molecule has 19 heavy (non-hydrogen) atoms. The molecule has 1 saturated heterocycles. The molecule has 0 aliphatic carbocycles. The van der Waals surface area contributed by atoms with E-state index < -0.39 is 5.97 Å². The van der Waals surface area contributed by atoms with Crippen LogP contribution in [-0.2, 0) is 4.79 Å². The Hall–Kier alpha value is -1.61. The summed E-state index contributed by atoms with van der Waals surface area (Å²) in [6, 6.07) is 10.6. The van der Waals surface area contributed by atoms with E-state index >= 15 is 0 Å². The summed E-state index contributed by atoms with van der Waals surface area (Å²) in [6.45, 7) is 2.11. The van der Waals surface area contributed by atoms with Gasteiger partial charge in [0.1, 0.15) is 0 Å². The lowest BCUT2D eigenvalue weighted by Gasteiger charge is -2.15. The summed E-state index contributed by atoms with van der Waals surface area (Å²) in [6.07, 6.45) is 5.06. The largest absolute Gasteiger partial charge is 0.481 e. The molecular weight excluding hydrogens is 238 g/mol. The molecule has 2 rings (SSSR count). The number of aliphatic carboxylic acids is 1. The summed E-state index contributed by atoms with van der Waals surface area (Å²) in [5, 5.41) is 8.64. The number of benzene rings is 1. The number of carboxylic acid groups (broad SMARTS) is 1. The van der Waals surface area contributed by atoms with Crippen LogP contribution in [0.4, 0.5) is 0 Å². The summed E-state index contributed by atoms with van der Waals surface area (Å²) in [4.78, 5) is 12.8. The number of hydrogen-bond acceptors (Lipinski definition) is 2. The number of allylic oxidation sites excluding steroid dienone is 1. The van der Waals surface area contributed by atoms with Crippen LogP contribution in [0.25, 0.3) is 0 Å². The fraction of sp³-hybridized carbons (Fsp3) is 0.438. The first-order valence-electron chi connectivity index (χ1n) is 6.79. The van der Waals surface area contributed by atoms with E-state index in [0.717, 1.165) is 13.1 Å². The Balaban J connectivity index is 2.00. The van der Waals surface area contributed by atoms with Crippen molar-refractivity contribution in [1.82, 2.24) is 4.90 Å². The second-order valence-electron chi connectivity index (χ2n) is 5.26. The maximum absolute atomic E-state index is 10.5. The average molecular weight is 259 g/mol. The Morgan fingerprint density at radius 2 is 2.11 bits per heavy atom. The van der Waals surface area contributed by atoms with Gasteiger partial charge in [0.05, 0.1) is 0 Å². The highest BCUT2D eigenvalue weighted by Gasteiger charge is 2.29. The third kappa shape index (κ3) is 3.93. The fourth-order valence-corrected chi connectivity index (χ4v) is 2.76. The summed E-state index contributed by atoms with van der Waals surface area (Å²) in [7, 11) is 2.14. The molecule has 1 heterocycles. The van der Waals surface area contributed by atoms with Crippen LogP contribution in [0.15, 0.2) is 42.5 Å². The minimum absolute atomic E-state index is 0.217. The second-order valence-corrected chi connectivity index (χ2v) is 5.26. The van der Waals surface area contributed by atoms with E-state index in [2.05, 4.69) is 42.3 Å². The predicted molar refractivity (Wildman–Crippen MR) is 76.2 cm³/mol. The number of hydrogen-bond donors (Lipinski definition) is 1. The van der Waals surface area contributed by atoms with Gasteiger partial charge in [0, 0.05) is 25.4 Å². The third-order valence-electron chi connectivity index (χ3n) is 3.68. The zero-order valence-corrected chi connectivity index (χ0v) is 11.3. The molecule has 0 radical (unpaired) electrons. The molecule has 1 aliphatic heterocycles. The molecule has 3 heteroatoms. The van der Waals surface area contributed by atoms with Crippen LogP contribution in [0.1, 0.15) is 24.3 Å². The monoisotopic (exact) mass is 259 g/mol. The number of rotatable bonds is 5. The lowest BCUT2D eigenvalue weighted by atomic mass is 9.88. The van der Waals surface area contributed by atoms with Gasteiger partial charge in [0.2, 0.25) is 0 Å². The van der Waals surface area contributed by atoms with Crippen molar-refractivity contribution in [3.63, 3.8) is 0 Å². The van der Waals surface area contributed by atoms with Crippen molar-refractivity contribution in [3.8, 4) is 0 Å². The third-order valence-corrected chi connectivity index (χ3v) is 3.68. The van der Waals surface area contributed by atoms with Crippen LogP contribution < -0.4 is 0 Å². The number of likely N-dealkylation sites (N-methyl/N-ethyl adjacent to an activating group) is 1. The topological polar surface area (TPSA) is 40.5 Å². The van der Waals surface area contributed by atoms with E-state index in [1.165, 1.54) is 5.56 Å². The van der Waals surface area contributed by atoms with E-state index in [9.17, 15) is 4.79 Å². The molecule has 3 nitrogen and oxygen atoms in total. The molecule has 0 unspecified atom stereocenters. The Morgan fingerprint density at radius 3 is 2.79 bits per heavy atom. The number of nitrogens with zero attached hydrogens (tertiary/aromatic N) is 1. The number of carboxylic acids is 1. The highest BCUT2D eigenvalue weighted by atomic mass is 16.4. The first-order chi connectivity index (χ1) is 9.16. The van der Waals surface area contributed by atoms with Crippen molar-refractivity contribution in [2.45, 2.75) is 18.8 Å². The smallest absolute Gasteiger partial charge is 0.303 e. The van der Waals surface area contributed by atoms with Crippen LogP contribution in [0, 0.1) is 5.92 Å². The van der Waals surface area contributed by atoms with Gasteiger partial charge in [0.25, 0.3) is 0 Å².